The van der Waals surface area contributed by atoms with Gasteiger partial charge in [0.05, 0.1) is 30.5 Å². The summed E-state index contributed by atoms with van der Waals surface area (Å²) in [5, 5.41) is 0. The minimum Gasteiger partial charge on any atom is -0.227 e. The van der Waals surface area contributed by atoms with Gasteiger partial charge in [0.15, 0.2) is 0 Å². The van der Waals surface area contributed by atoms with Crippen LogP contribution in [-0.4, -0.2) is 23.3 Å². The molecule has 0 N–H and O–H groups in total. The van der Waals surface area contributed by atoms with Gasteiger partial charge < -0.3 is 0 Å². The fraction of sp³-hybridized carbons (Fsp3) is 0.120. The standard InChI is InChI=1S/C25H19F3N2O2S2/c1-31-32-34-20-14-10-18(11-15-20)23-21(16-6-4-3-5-7-16)22(29-24(30-23)25(26,27)28)17-8-12-19(33-2)13-9-17/h3-15H,1-2H3. The summed E-state index contributed by atoms with van der Waals surface area (Å²) in [6, 6.07) is 23.4. The zero-order chi connectivity index (χ0) is 24.1. The lowest BCUT2D eigenvalue weighted by molar-refractivity contribution is -0.160. The predicted octanol–water partition coefficient (Wildman–Crippen LogP) is 7.80. The zero-order valence-corrected chi connectivity index (χ0v) is 19.8. The van der Waals surface area contributed by atoms with E-state index in [4.69, 9.17) is 4.33 Å². The second kappa shape index (κ2) is 10.6. The van der Waals surface area contributed by atoms with Gasteiger partial charge in [-0.25, -0.2) is 14.9 Å². The highest BCUT2D eigenvalue weighted by Crippen LogP contribution is 2.41. The smallest absolute Gasteiger partial charge is 0.227 e. The van der Waals surface area contributed by atoms with Gasteiger partial charge in [-0.15, -0.1) is 11.8 Å². The second-order valence-corrected chi connectivity index (χ2v) is 8.71. The maximum Gasteiger partial charge on any atom is 0.451 e. The SMILES string of the molecule is COOSc1ccc(-c2nc(C(F)(F)F)nc(-c3ccc(SC)cc3)c2-c2ccccc2)cc1. The Labute approximate surface area is 203 Å². The monoisotopic (exact) mass is 500 g/mol. The topological polar surface area (TPSA) is 44.2 Å². The molecule has 0 radical (unpaired) electrons. The first-order valence-electron chi connectivity index (χ1n) is 10.1. The van der Waals surface area contributed by atoms with Crippen molar-refractivity contribution in [2.75, 3.05) is 13.4 Å². The predicted molar refractivity (Wildman–Crippen MR) is 129 cm³/mol. The molecule has 1 heterocycles. The molecule has 0 aliphatic rings. The summed E-state index contributed by atoms with van der Waals surface area (Å²) in [4.78, 5) is 14.3. The number of hydrogen-bond acceptors (Lipinski definition) is 6. The lowest BCUT2D eigenvalue weighted by Crippen LogP contribution is -2.13. The van der Waals surface area contributed by atoms with Gasteiger partial charge in [-0.1, -0.05) is 54.6 Å². The molecule has 0 amide bonds. The first kappa shape index (κ1) is 24.3. The third kappa shape index (κ3) is 5.44. The van der Waals surface area contributed by atoms with Crippen molar-refractivity contribution in [2.45, 2.75) is 16.0 Å². The van der Waals surface area contributed by atoms with Crippen molar-refractivity contribution in [1.82, 2.24) is 9.97 Å². The summed E-state index contributed by atoms with van der Waals surface area (Å²) >= 11 is 2.55. The number of rotatable bonds is 7. The van der Waals surface area contributed by atoms with Gasteiger partial charge in [-0.3, -0.25) is 0 Å². The van der Waals surface area contributed by atoms with E-state index in [1.54, 1.807) is 48.2 Å². The molecular weight excluding hydrogens is 481 g/mol. The second-order valence-electron chi connectivity index (χ2n) is 7.05. The van der Waals surface area contributed by atoms with Crippen molar-refractivity contribution < 1.29 is 22.4 Å². The Morgan fingerprint density at radius 1 is 0.706 bits per heavy atom. The number of benzene rings is 3. The minimum atomic E-state index is -4.71. The highest BCUT2D eigenvalue weighted by Gasteiger charge is 2.37. The van der Waals surface area contributed by atoms with Gasteiger partial charge in [-0.05, 0) is 36.1 Å². The molecule has 4 aromatic rings. The van der Waals surface area contributed by atoms with Gasteiger partial charge in [-0.2, -0.15) is 17.5 Å². The highest BCUT2D eigenvalue weighted by atomic mass is 32.2. The van der Waals surface area contributed by atoms with E-state index in [1.165, 1.54) is 7.11 Å². The molecule has 0 unspecified atom stereocenters. The minimum absolute atomic E-state index is 0.196. The van der Waals surface area contributed by atoms with Gasteiger partial charge >= 0.3 is 6.18 Å². The quantitative estimate of drug-likeness (QED) is 0.112. The molecule has 3 aromatic carbocycles. The summed E-state index contributed by atoms with van der Waals surface area (Å²) in [5.74, 6) is -1.19. The normalized spacial score (nSPS) is 11.6. The molecule has 0 aliphatic heterocycles. The van der Waals surface area contributed by atoms with E-state index in [0.717, 1.165) is 27.4 Å². The van der Waals surface area contributed by atoms with Gasteiger partial charge in [0.1, 0.15) is 0 Å². The number of halogens is 3. The van der Waals surface area contributed by atoms with Gasteiger partial charge in [0.2, 0.25) is 5.82 Å². The number of alkyl halides is 3. The highest BCUT2D eigenvalue weighted by molar-refractivity contribution is 7.98. The van der Waals surface area contributed by atoms with E-state index in [9.17, 15) is 13.2 Å². The molecule has 4 rings (SSSR count). The Morgan fingerprint density at radius 2 is 1.24 bits per heavy atom. The van der Waals surface area contributed by atoms with Crippen molar-refractivity contribution in [1.29, 1.82) is 0 Å². The van der Waals surface area contributed by atoms with E-state index in [1.807, 2.05) is 48.7 Å². The molecule has 174 valence electrons. The number of thioether (sulfide) groups is 1. The molecule has 9 heteroatoms. The first-order chi connectivity index (χ1) is 16.4. The van der Waals surface area contributed by atoms with Crippen molar-refractivity contribution >= 4 is 23.8 Å². The van der Waals surface area contributed by atoms with E-state index < -0.39 is 12.0 Å². The molecular formula is C25H19F3N2O2S2. The van der Waals surface area contributed by atoms with E-state index in [0.29, 0.717) is 16.7 Å². The van der Waals surface area contributed by atoms with Crippen molar-refractivity contribution in [2.24, 2.45) is 0 Å². The van der Waals surface area contributed by atoms with Crippen LogP contribution in [0.15, 0.2) is 88.7 Å². The van der Waals surface area contributed by atoms with E-state index in [2.05, 4.69) is 14.9 Å². The van der Waals surface area contributed by atoms with Crippen molar-refractivity contribution in [3.05, 3.63) is 84.7 Å². The largest absolute Gasteiger partial charge is 0.451 e. The maximum atomic E-state index is 13.9. The molecule has 34 heavy (non-hydrogen) atoms. The Hall–Kier alpha value is -2.85. The van der Waals surface area contributed by atoms with Crippen LogP contribution >= 0.6 is 23.8 Å². The van der Waals surface area contributed by atoms with Crippen LogP contribution in [0, 0.1) is 0 Å². The van der Waals surface area contributed by atoms with Crippen LogP contribution in [-0.2, 0) is 15.4 Å². The zero-order valence-electron chi connectivity index (χ0n) is 18.2. The first-order valence-corrected chi connectivity index (χ1v) is 12.0. The van der Waals surface area contributed by atoms with E-state index >= 15 is 0 Å². The fourth-order valence-electron chi connectivity index (χ4n) is 3.37. The average molecular weight is 501 g/mol. The average Bonchev–Trinajstić information content (AvgIpc) is 2.87. The Balaban J connectivity index is 1.98. The molecule has 0 saturated heterocycles. The van der Waals surface area contributed by atoms with Crippen molar-refractivity contribution in [3.63, 3.8) is 0 Å². The van der Waals surface area contributed by atoms with Crippen LogP contribution in [0.4, 0.5) is 13.2 Å². The lowest BCUT2D eigenvalue weighted by atomic mass is 9.94. The number of hydrogen-bond donors (Lipinski definition) is 0. The van der Waals surface area contributed by atoms with Crippen LogP contribution in [0.2, 0.25) is 0 Å². The summed E-state index contributed by atoms with van der Waals surface area (Å²) in [6.45, 7) is 0. The summed E-state index contributed by atoms with van der Waals surface area (Å²) in [6.07, 6.45) is -2.77. The molecule has 0 spiro atoms. The molecule has 0 saturated carbocycles. The Morgan fingerprint density at radius 3 is 1.71 bits per heavy atom. The number of aromatic nitrogens is 2. The molecule has 0 aliphatic carbocycles. The van der Waals surface area contributed by atoms with Crippen LogP contribution in [0.5, 0.6) is 0 Å². The van der Waals surface area contributed by atoms with Crippen LogP contribution in [0.1, 0.15) is 5.82 Å². The van der Waals surface area contributed by atoms with Crippen LogP contribution < -0.4 is 0 Å². The van der Waals surface area contributed by atoms with E-state index in [-0.39, 0.29) is 11.4 Å². The summed E-state index contributed by atoms with van der Waals surface area (Å²) in [7, 11) is 1.39. The molecule has 1 aromatic heterocycles. The Kier molecular flexibility index (Phi) is 7.57. The molecule has 4 nitrogen and oxygen atoms in total. The van der Waals surface area contributed by atoms with Crippen molar-refractivity contribution in [3.8, 4) is 33.6 Å². The number of nitrogens with zero attached hydrogens (tertiary/aromatic N) is 2. The Bertz CT molecular complexity index is 1250. The van der Waals surface area contributed by atoms with Crippen LogP contribution in [0.3, 0.4) is 0 Å². The third-order valence-corrected chi connectivity index (χ3v) is 6.33. The lowest BCUT2D eigenvalue weighted by Gasteiger charge is -2.18. The van der Waals surface area contributed by atoms with Gasteiger partial charge in [0.25, 0.3) is 0 Å². The fourth-order valence-corrected chi connectivity index (χ4v) is 4.18. The van der Waals surface area contributed by atoms with Gasteiger partial charge in [0, 0.05) is 26.5 Å². The third-order valence-electron chi connectivity index (χ3n) is 4.91. The summed E-state index contributed by atoms with van der Waals surface area (Å²) < 4.78 is 46.5. The summed E-state index contributed by atoms with van der Waals surface area (Å²) in [5.41, 5.74) is 2.76. The molecule has 0 atom stereocenters. The molecule has 0 bridgehead atoms. The maximum absolute atomic E-state index is 13.9. The van der Waals surface area contributed by atoms with Crippen LogP contribution in [0.25, 0.3) is 33.6 Å². The molecule has 0 fully saturated rings.